The zero-order chi connectivity index (χ0) is 21.1. The van der Waals surface area contributed by atoms with Crippen LogP contribution in [0.15, 0.2) is 53.3 Å². The van der Waals surface area contributed by atoms with Crippen molar-refractivity contribution in [2.75, 3.05) is 5.32 Å². The first-order valence-electron chi connectivity index (χ1n) is 9.55. The van der Waals surface area contributed by atoms with E-state index in [1.807, 2.05) is 6.07 Å². The molecule has 4 aromatic rings. The fourth-order valence-corrected chi connectivity index (χ4v) is 3.91. The second kappa shape index (κ2) is 8.50. The lowest BCUT2D eigenvalue weighted by Gasteiger charge is -2.06. The second-order valence-electron chi connectivity index (χ2n) is 7.32. The minimum absolute atomic E-state index is 0.198. The van der Waals surface area contributed by atoms with Gasteiger partial charge in [-0.05, 0) is 35.7 Å². The highest BCUT2D eigenvalue weighted by Crippen LogP contribution is 2.19. The number of amides is 1. The molecule has 0 radical (unpaired) electrons. The van der Waals surface area contributed by atoms with E-state index in [1.54, 1.807) is 42.5 Å². The smallest absolute Gasteiger partial charge is 0.277 e. The molecule has 0 saturated carbocycles. The number of carbonyl (C=O) groups is 1. The second-order valence-corrected chi connectivity index (χ2v) is 8.38. The molecule has 30 heavy (non-hydrogen) atoms. The average Bonchev–Trinajstić information content (AvgIpc) is 3.16. The summed E-state index contributed by atoms with van der Waals surface area (Å²) in [5, 5.41) is 20.9. The molecule has 0 saturated heterocycles. The van der Waals surface area contributed by atoms with Gasteiger partial charge in [-0.3, -0.25) is 14.9 Å². The van der Waals surface area contributed by atoms with Crippen LogP contribution < -0.4 is 10.9 Å². The molecule has 0 bridgehead atoms. The third-order valence-electron chi connectivity index (χ3n) is 4.45. The molecule has 0 atom stereocenters. The number of carbonyl (C=O) groups excluding carboxylic acids is 1. The molecule has 2 aromatic heterocycles. The van der Waals surface area contributed by atoms with E-state index in [-0.39, 0.29) is 18.0 Å². The number of nitrogens with zero attached hydrogens (tertiary/aromatic N) is 5. The lowest BCUT2D eigenvalue weighted by Crippen LogP contribution is -2.24. The molecule has 0 aliphatic heterocycles. The standard InChI is InChI=1S/C21H20N6O2S/c1-13(2)11-18-24-25-21(30-18)22-19(28)15-9-7-14(8-10-15)12-27-20(29)16-5-3-4-6-17(16)23-26-27/h3-10,13H,11-12H2,1-2H3,(H,22,25,28). The summed E-state index contributed by atoms with van der Waals surface area (Å²) < 4.78 is 1.31. The normalized spacial score (nSPS) is 11.2. The fourth-order valence-electron chi connectivity index (χ4n) is 2.97. The summed E-state index contributed by atoms with van der Waals surface area (Å²) in [6, 6.07) is 14.1. The van der Waals surface area contributed by atoms with Crippen molar-refractivity contribution < 1.29 is 4.79 Å². The van der Waals surface area contributed by atoms with Gasteiger partial charge in [-0.25, -0.2) is 4.68 Å². The van der Waals surface area contributed by atoms with E-state index in [9.17, 15) is 9.59 Å². The average molecular weight is 420 g/mol. The van der Waals surface area contributed by atoms with Gasteiger partial charge in [0, 0.05) is 12.0 Å². The third-order valence-corrected chi connectivity index (χ3v) is 5.31. The summed E-state index contributed by atoms with van der Waals surface area (Å²) in [6.07, 6.45) is 0.833. The Bertz CT molecular complexity index is 1250. The quantitative estimate of drug-likeness (QED) is 0.514. The number of nitrogens with one attached hydrogen (secondary N) is 1. The van der Waals surface area contributed by atoms with Crippen LogP contribution in [0.2, 0.25) is 0 Å². The molecule has 9 heteroatoms. The first kappa shape index (κ1) is 19.8. The summed E-state index contributed by atoms with van der Waals surface area (Å²) >= 11 is 1.38. The van der Waals surface area contributed by atoms with Crippen molar-refractivity contribution in [1.82, 2.24) is 25.2 Å². The molecule has 152 valence electrons. The van der Waals surface area contributed by atoms with Gasteiger partial charge >= 0.3 is 0 Å². The fraction of sp³-hybridized carbons (Fsp3) is 0.238. The lowest BCUT2D eigenvalue weighted by atomic mass is 10.1. The van der Waals surface area contributed by atoms with Crippen LogP contribution in [-0.2, 0) is 13.0 Å². The van der Waals surface area contributed by atoms with Crippen LogP contribution in [0.1, 0.15) is 34.8 Å². The largest absolute Gasteiger partial charge is 0.296 e. The zero-order valence-corrected chi connectivity index (χ0v) is 17.4. The predicted molar refractivity (Wildman–Crippen MR) is 116 cm³/mol. The van der Waals surface area contributed by atoms with Gasteiger partial charge in [0.2, 0.25) is 5.13 Å². The van der Waals surface area contributed by atoms with Crippen molar-refractivity contribution in [2.45, 2.75) is 26.8 Å². The molecule has 0 spiro atoms. The highest BCUT2D eigenvalue weighted by molar-refractivity contribution is 7.15. The van der Waals surface area contributed by atoms with E-state index < -0.39 is 0 Å². The molecule has 2 aromatic carbocycles. The Morgan fingerprint density at radius 2 is 1.83 bits per heavy atom. The third kappa shape index (κ3) is 4.41. The first-order chi connectivity index (χ1) is 14.5. The van der Waals surface area contributed by atoms with E-state index >= 15 is 0 Å². The van der Waals surface area contributed by atoms with E-state index in [1.165, 1.54) is 16.0 Å². The van der Waals surface area contributed by atoms with Crippen LogP contribution in [0.3, 0.4) is 0 Å². The molecule has 0 fully saturated rings. The molecule has 0 aliphatic rings. The Morgan fingerprint density at radius 1 is 1.07 bits per heavy atom. The van der Waals surface area contributed by atoms with Gasteiger partial charge in [-0.1, -0.05) is 54.7 Å². The van der Waals surface area contributed by atoms with Crippen LogP contribution in [-0.4, -0.2) is 31.1 Å². The van der Waals surface area contributed by atoms with Crippen molar-refractivity contribution >= 4 is 33.3 Å². The summed E-state index contributed by atoms with van der Waals surface area (Å²) in [4.78, 5) is 25.0. The Morgan fingerprint density at radius 3 is 2.60 bits per heavy atom. The minimum Gasteiger partial charge on any atom is -0.296 e. The molecule has 2 heterocycles. The van der Waals surface area contributed by atoms with Gasteiger partial charge in [0.1, 0.15) is 10.5 Å². The van der Waals surface area contributed by atoms with Gasteiger partial charge in [0.05, 0.1) is 11.9 Å². The highest BCUT2D eigenvalue weighted by atomic mass is 32.1. The maximum absolute atomic E-state index is 12.6. The van der Waals surface area contributed by atoms with Crippen LogP contribution in [0, 0.1) is 5.92 Å². The molecule has 4 rings (SSSR count). The van der Waals surface area contributed by atoms with Crippen molar-refractivity contribution in [3.63, 3.8) is 0 Å². The molecule has 1 N–H and O–H groups in total. The molecular weight excluding hydrogens is 400 g/mol. The summed E-state index contributed by atoms with van der Waals surface area (Å²) in [5.41, 5.74) is 1.71. The monoisotopic (exact) mass is 420 g/mol. The predicted octanol–water partition coefficient (Wildman–Crippen LogP) is 3.14. The Kier molecular flexibility index (Phi) is 5.62. The lowest BCUT2D eigenvalue weighted by molar-refractivity contribution is 0.102. The minimum atomic E-state index is -0.253. The van der Waals surface area contributed by atoms with Gasteiger partial charge in [-0.15, -0.1) is 15.3 Å². The topological polar surface area (TPSA) is 103 Å². The molecule has 1 amide bonds. The van der Waals surface area contributed by atoms with Crippen molar-refractivity contribution in [3.05, 3.63) is 75.0 Å². The SMILES string of the molecule is CC(C)Cc1nnc(NC(=O)c2ccc(Cn3nnc4ccccc4c3=O)cc2)s1. The van der Waals surface area contributed by atoms with Gasteiger partial charge in [0.25, 0.3) is 11.5 Å². The number of hydrogen-bond donors (Lipinski definition) is 1. The van der Waals surface area contributed by atoms with Crippen molar-refractivity contribution in [2.24, 2.45) is 5.92 Å². The van der Waals surface area contributed by atoms with E-state index in [0.717, 1.165) is 17.0 Å². The highest BCUT2D eigenvalue weighted by Gasteiger charge is 2.12. The maximum Gasteiger partial charge on any atom is 0.277 e. The van der Waals surface area contributed by atoms with Crippen LogP contribution in [0.5, 0.6) is 0 Å². The van der Waals surface area contributed by atoms with Gasteiger partial charge in [0.15, 0.2) is 0 Å². The van der Waals surface area contributed by atoms with E-state index in [0.29, 0.717) is 27.5 Å². The number of hydrogen-bond acceptors (Lipinski definition) is 7. The number of fused-ring (bicyclic) bond motifs is 1. The number of aromatic nitrogens is 5. The molecular formula is C21H20N6O2S. The number of anilines is 1. The van der Waals surface area contributed by atoms with E-state index in [2.05, 4.69) is 39.7 Å². The van der Waals surface area contributed by atoms with E-state index in [4.69, 9.17) is 0 Å². The zero-order valence-electron chi connectivity index (χ0n) is 16.6. The summed E-state index contributed by atoms with van der Waals surface area (Å²) in [7, 11) is 0. The summed E-state index contributed by atoms with van der Waals surface area (Å²) in [6.45, 7) is 4.49. The van der Waals surface area contributed by atoms with Crippen molar-refractivity contribution in [3.8, 4) is 0 Å². The van der Waals surface area contributed by atoms with Crippen LogP contribution in [0.25, 0.3) is 10.9 Å². The maximum atomic E-state index is 12.6. The molecule has 8 nitrogen and oxygen atoms in total. The van der Waals surface area contributed by atoms with Crippen molar-refractivity contribution in [1.29, 1.82) is 0 Å². The number of benzene rings is 2. The molecule has 0 unspecified atom stereocenters. The van der Waals surface area contributed by atoms with Crippen LogP contribution in [0.4, 0.5) is 5.13 Å². The summed E-state index contributed by atoms with van der Waals surface area (Å²) in [5.74, 6) is 0.227. The first-order valence-corrected chi connectivity index (χ1v) is 10.4. The Labute approximate surface area is 176 Å². The van der Waals surface area contributed by atoms with Gasteiger partial charge < -0.3 is 0 Å². The Hall–Kier alpha value is -3.46. The Balaban J connectivity index is 1.45. The molecule has 0 aliphatic carbocycles. The van der Waals surface area contributed by atoms with Crippen LogP contribution >= 0.6 is 11.3 Å². The number of rotatable bonds is 6. The van der Waals surface area contributed by atoms with Gasteiger partial charge in [-0.2, -0.15) is 0 Å².